The predicted molar refractivity (Wildman–Crippen MR) is 38.4 cm³/mol. The van der Waals surface area contributed by atoms with Gasteiger partial charge in [0.05, 0.1) is 0 Å². The molecule has 0 aromatic carbocycles. The molecule has 1 amide bonds. The fraction of sp³-hybridized carbons (Fsp3) is 0.333. The third kappa shape index (κ3) is 1.95. The van der Waals surface area contributed by atoms with Crippen molar-refractivity contribution in [1.82, 2.24) is 0 Å². The lowest BCUT2D eigenvalue weighted by Crippen LogP contribution is -2.33. The summed E-state index contributed by atoms with van der Waals surface area (Å²) in [7, 11) is 0. The first-order chi connectivity index (χ1) is 6.32. The van der Waals surface area contributed by atoms with Gasteiger partial charge in [-0.15, -0.1) is 0 Å². The monoisotopic (exact) mass is 208 g/mol. The Kier molecular flexibility index (Phi) is 2.37. The van der Waals surface area contributed by atoms with Gasteiger partial charge in [-0.2, -0.15) is 13.2 Å². The van der Waals surface area contributed by atoms with Crippen LogP contribution in [0.25, 0.3) is 0 Å². The number of dihydropyridines is 1. The maximum absolute atomic E-state index is 11.9. The summed E-state index contributed by atoms with van der Waals surface area (Å²) in [6.07, 6.45) is -3.76. The van der Waals surface area contributed by atoms with Crippen LogP contribution in [0.15, 0.2) is 17.1 Å². The standard InChI is InChI=1S/C6H3F3N2O3/c7-6(8,9)4-2-1-3(11(13)14)5(12)10-4/h1-3H/t3-/m0/s1. The van der Waals surface area contributed by atoms with E-state index in [1.165, 1.54) is 0 Å². The quantitative estimate of drug-likeness (QED) is 0.471. The molecule has 0 saturated carbocycles. The van der Waals surface area contributed by atoms with Crippen molar-refractivity contribution in [3.05, 3.63) is 22.3 Å². The summed E-state index contributed by atoms with van der Waals surface area (Å²) in [5.41, 5.74) is -1.42. The van der Waals surface area contributed by atoms with Gasteiger partial charge in [-0.1, -0.05) is 0 Å². The van der Waals surface area contributed by atoms with Gasteiger partial charge in [0.1, 0.15) is 5.71 Å². The number of allylic oxidation sites excluding steroid dienone is 1. The van der Waals surface area contributed by atoms with Crippen LogP contribution in [0.3, 0.4) is 0 Å². The second kappa shape index (κ2) is 3.20. The zero-order valence-corrected chi connectivity index (χ0v) is 6.49. The van der Waals surface area contributed by atoms with E-state index < -0.39 is 28.8 Å². The lowest BCUT2D eigenvalue weighted by atomic mass is 10.1. The molecule has 1 aliphatic rings. The highest BCUT2D eigenvalue weighted by Crippen LogP contribution is 2.21. The van der Waals surface area contributed by atoms with Crippen LogP contribution in [0.2, 0.25) is 0 Å². The second-order valence-corrected chi connectivity index (χ2v) is 2.42. The third-order valence-corrected chi connectivity index (χ3v) is 1.44. The first kappa shape index (κ1) is 10.4. The molecule has 76 valence electrons. The zero-order chi connectivity index (χ0) is 10.9. The van der Waals surface area contributed by atoms with Crippen LogP contribution in [0.1, 0.15) is 0 Å². The molecule has 0 bridgehead atoms. The maximum atomic E-state index is 11.9. The smallest absolute Gasteiger partial charge is 0.264 e. The van der Waals surface area contributed by atoms with Gasteiger partial charge in [0.15, 0.2) is 0 Å². The van der Waals surface area contributed by atoms with Crippen molar-refractivity contribution in [2.45, 2.75) is 12.2 Å². The summed E-state index contributed by atoms with van der Waals surface area (Å²) in [4.78, 5) is 22.4. The molecule has 0 saturated heterocycles. The number of rotatable bonds is 1. The zero-order valence-electron chi connectivity index (χ0n) is 6.49. The van der Waals surface area contributed by atoms with Crippen molar-refractivity contribution in [3.8, 4) is 0 Å². The molecule has 0 unspecified atom stereocenters. The number of alkyl halides is 3. The molecule has 8 heteroatoms. The second-order valence-electron chi connectivity index (χ2n) is 2.42. The minimum Gasteiger partial charge on any atom is -0.264 e. The third-order valence-electron chi connectivity index (χ3n) is 1.44. The van der Waals surface area contributed by atoms with E-state index in [1.807, 2.05) is 0 Å². The molecule has 0 radical (unpaired) electrons. The van der Waals surface area contributed by atoms with Gasteiger partial charge in [-0.3, -0.25) is 14.9 Å². The molecule has 0 spiro atoms. The van der Waals surface area contributed by atoms with E-state index >= 15 is 0 Å². The number of hydrogen-bond donors (Lipinski definition) is 0. The molecule has 0 N–H and O–H groups in total. The summed E-state index contributed by atoms with van der Waals surface area (Å²) in [5.74, 6) is -1.41. The first-order valence-corrected chi connectivity index (χ1v) is 3.34. The van der Waals surface area contributed by atoms with Gasteiger partial charge in [0.25, 0.3) is 0 Å². The van der Waals surface area contributed by atoms with Crippen LogP contribution >= 0.6 is 0 Å². The molecular weight excluding hydrogens is 205 g/mol. The van der Waals surface area contributed by atoms with E-state index in [-0.39, 0.29) is 0 Å². The number of amides is 1. The molecule has 1 aliphatic heterocycles. The molecule has 0 aromatic rings. The predicted octanol–water partition coefficient (Wildman–Crippen LogP) is 0.731. The number of carbonyl (C=O) groups is 1. The molecule has 0 fully saturated rings. The minimum absolute atomic E-state index is 0.425. The van der Waals surface area contributed by atoms with Crippen LogP contribution in [0, 0.1) is 10.1 Å². The van der Waals surface area contributed by atoms with Crippen LogP contribution in [-0.2, 0) is 4.79 Å². The Balaban J connectivity index is 2.94. The fourth-order valence-corrected chi connectivity index (χ4v) is 0.805. The number of halogens is 3. The Morgan fingerprint density at radius 2 is 2.07 bits per heavy atom. The summed E-state index contributed by atoms with van der Waals surface area (Å²) >= 11 is 0. The summed E-state index contributed by atoms with van der Waals surface area (Å²) in [6, 6.07) is -1.80. The van der Waals surface area contributed by atoms with Crippen LogP contribution < -0.4 is 0 Å². The lowest BCUT2D eigenvalue weighted by Gasteiger charge is -2.10. The highest BCUT2D eigenvalue weighted by Gasteiger charge is 2.40. The SMILES string of the molecule is O=C1N=C(C(F)(F)F)C=C[C@@H]1[N+](=O)[O-]. The van der Waals surface area contributed by atoms with Crippen LogP contribution in [-0.4, -0.2) is 28.8 Å². The van der Waals surface area contributed by atoms with Gasteiger partial charge in [0.2, 0.25) is 0 Å². The highest BCUT2D eigenvalue weighted by molar-refractivity contribution is 6.09. The summed E-state index contributed by atoms with van der Waals surface area (Å²) in [6.45, 7) is 0. The van der Waals surface area contributed by atoms with E-state index in [0.29, 0.717) is 12.2 Å². The average molecular weight is 208 g/mol. The average Bonchev–Trinajstić information content (AvgIpc) is 2.01. The highest BCUT2D eigenvalue weighted by atomic mass is 19.4. The number of nitrogens with zero attached hydrogens (tertiary/aromatic N) is 2. The normalized spacial score (nSPS) is 22.1. The van der Waals surface area contributed by atoms with Gasteiger partial charge >= 0.3 is 18.1 Å². The van der Waals surface area contributed by atoms with Crippen molar-refractivity contribution in [2.75, 3.05) is 0 Å². The lowest BCUT2D eigenvalue weighted by molar-refractivity contribution is -0.495. The Labute approximate surface area is 75.1 Å². The first-order valence-electron chi connectivity index (χ1n) is 3.34. The fourth-order valence-electron chi connectivity index (χ4n) is 0.805. The number of carbonyl (C=O) groups excluding carboxylic acids is 1. The number of nitro groups is 1. The van der Waals surface area contributed by atoms with Crippen molar-refractivity contribution >= 4 is 11.6 Å². The molecule has 1 heterocycles. The van der Waals surface area contributed by atoms with E-state index in [2.05, 4.69) is 4.99 Å². The van der Waals surface area contributed by atoms with Crippen molar-refractivity contribution in [1.29, 1.82) is 0 Å². The molecule has 14 heavy (non-hydrogen) atoms. The van der Waals surface area contributed by atoms with Crippen molar-refractivity contribution in [3.63, 3.8) is 0 Å². The number of aliphatic imine (C=N–C) groups is 1. The van der Waals surface area contributed by atoms with Crippen LogP contribution in [0.4, 0.5) is 13.2 Å². The largest absolute Gasteiger partial charge is 0.433 e. The molecule has 0 aliphatic carbocycles. The van der Waals surface area contributed by atoms with Gasteiger partial charge < -0.3 is 0 Å². The van der Waals surface area contributed by atoms with Gasteiger partial charge in [-0.25, -0.2) is 4.99 Å². The molecule has 1 atom stereocenters. The van der Waals surface area contributed by atoms with E-state index in [9.17, 15) is 28.1 Å². The summed E-state index contributed by atoms with van der Waals surface area (Å²) in [5, 5.41) is 10.1. The maximum Gasteiger partial charge on any atom is 0.433 e. The minimum atomic E-state index is -4.76. The van der Waals surface area contributed by atoms with Gasteiger partial charge in [0, 0.05) is 11.0 Å². The summed E-state index contributed by atoms with van der Waals surface area (Å²) < 4.78 is 35.8. The topological polar surface area (TPSA) is 72.6 Å². The Morgan fingerprint density at radius 1 is 1.50 bits per heavy atom. The Bertz CT molecular complexity index is 345. The van der Waals surface area contributed by atoms with E-state index in [0.717, 1.165) is 0 Å². The van der Waals surface area contributed by atoms with E-state index in [1.54, 1.807) is 0 Å². The van der Waals surface area contributed by atoms with Crippen molar-refractivity contribution < 1.29 is 22.9 Å². The molecule has 0 aromatic heterocycles. The molecule has 5 nitrogen and oxygen atoms in total. The number of hydrogen-bond acceptors (Lipinski definition) is 3. The van der Waals surface area contributed by atoms with E-state index in [4.69, 9.17) is 0 Å². The van der Waals surface area contributed by atoms with Crippen LogP contribution in [0.5, 0.6) is 0 Å². The molecular formula is C6H3F3N2O3. The van der Waals surface area contributed by atoms with Crippen molar-refractivity contribution in [2.24, 2.45) is 4.99 Å². The van der Waals surface area contributed by atoms with Gasteiger partial charge in [-0.05, 0) is 6.08 Å². The Hall–Kier alpha value is -1.73. The molecule has 1 rings (SSSR count). The Morgan fingerprint density at radius 3 is 2.43 bits per heavy atom.